The van der Waals surface area contributed by atoms with Gasteiger partial charge in [-0.25, -0.2) is 4.79 Å². The van der Waals surface area contributed by atoms with E-state index in [0.29, 0.717) is 17.9 Å². The first-order chi connectivity index (χ1) is 9.04. The quantitative estimate of drug-likeness (QED) is 0.655. The van der Waals surface area contributed by atoms with Crippen molar-refractivity contribution < 1.29 is 14.3 Å². The number of para-hydroxylation sites is 1. The first-order valence-corrected chi connectivity index (χ1v) is 6.23. The molecule has 19 heavy (non-hydrogen) atoms. The third kappa shape index (κ3) is 4.95. The smallest absolute Gasteiger partial charge is 0.334 e. The second-order valence-electron chi connectivity index (χ2n) is 4.29. The van der Waals surface area contributed by atoms with Crippen LogP contribution >= 0.6 is 0 Å². The third-order valence-corrected chi connectivity index (χ3v) is 2.52. The molecule has 1 amide bonds. The molecule has 0 spiro atoms. The Balaban J connectivity index is 2.68. The van der Waals surface area contributed by atoms with Gasteiger partial charge < -0.3 is 10.1 Å². The van der Waals surface area contributed by atoms with Gasteiger partial charge in [0, 0.05) is 11.3 Å². The minimum absolute atomic E-state index is 0.0239. The maximum Gasteiger partial charge on any atom is 0.334 e. The summed E-state index contributed by atoms with van der Waals surface area (Å²) in [5.41, 5.74) is 1.92. The van der Waals surface area contributed by atoms with Crippen LogP contribution in [0, 0.1) is 0 Å². The fraction of sp³-hybridized carbons (Fsp3) is 0.333. The van der Waals surface area contributed by atoms with E-state index >= 15 is 0 Å². The zero-order valence-corrected chi connectivity index (χ0v) is 11.5. The molecule has 0 fully saturated rings. The topological polar surface area (TPSA) is 55.4 Å². The van der Waals surface area contributed by atoms with Crippen LogP contribution in [0.4, 0.5) is 5.69 Å². The molecule has 0 saturated carbocycles. The van der Waals surface area contributed by atoms with Gasteiger partial charge in [0.15, 0.2) is 0 Å². The van der Waals surface area contributed by atoms with E-state index in [1.54, 1.807) is 32.9 Å². The van der Waals surface area contributed by atoms with Crippen molar-refractivity contribution in [3.05, 3.63) is 41.5 Å². The van der Waals surface area contributed by atoms with E-state index in [2.05, 4.69) is 5.32 Å². The van der Waals surface area contributed by atoms with Crippen molar-refractivity contribution in [3.8, 4) is 0 Å². The molecule has 102 valence electrons. The van der Waals surface area contributed by atoms with Crippen molar-refractivity contribution >= 4 is 17.6 Å². The van der Waals surface area contributed by atoms with Crippen LogP contribution in [0.5, 0.6) is 0 Å². The van der Waals surface area contributed by atoms with Crippen LogP contribution in [-0.4, -0.2) is 18.5 Å². The number of carbonyl (C=O) groups is 2. The molecule has 1 N–H and O–H groups in total. The number of amides is 1. The SMILES string of the molecule is CCOC(=O)C(CC(=O)Nc1ccccc1)=C(C)C. The molecule has 0 saturated heterocycles. The maximum atomic E-state index is 11.9. The summed E-state index contributed by atoms with van der Waals surface area (Å²) in [5, 5.41) is 2.74. The summed E-state index contributed by atoms with van der Waals surface area (Å²) in [7, 11) is 0. The number of benzene rings is 1. The summed E-state index contributed by atoms with van der Waals surface area (Å²) >= 11 is 0. The van der Waals surface area contributed by atoms with Gasteiger partial charge in [-0.3, -0.25) is 4.79 Å². The van der Waals surface area contributed by atoms with Crippen LogP contribution in [0.1, 0.15) is 27.2 Å². The Morgan fingerprint density at radius 3 is 2.32 bits per heavy atom. The summed E-state index contributed by atoms with van der Waals surface area (Å²) < 4.78 is 4.94. The number of hydrogen-bond donors (Lipinski definition) is 1. The highest BCUT2D eigenvalue weighted by Gasteiger charge is 2.16. The molecular weight excluding hydrogens is 242 g/mol. The second kappa shape index (κ2) is 7.36. The third-order valence-electron chi connectivity index (χ3n) is 2.52. The number of ether oxygens (including phenoxy) is 1. The van der Waals surface area contributed by atoms with Crippen molar-refractivity contribution in [2.24, 2.45) is 0 Å². The number of carbonyl (C=O) groups excluding carboxylic acids is 2. The van der Waals surface area contributed by atoms with Crippen LogP contribution in [-0.2, 0) is 14.3 Å². The van der Waals surface area contributed by atoms with Crippen LogP contribution < -0.4 is 5.32 Å². The molecular formula is C15H19NO3. The van der Waals surface area contributed by atoms with Crippen molar-refractivity contribution in [2.75, 3.05) is 11.9 Å². The van der Waals surface area contributed by atoms with Gasteiger partial charge in [0.05, 0.1) is 13.0 Å². The van der Waals surface area contributed by atoms with Crippen LogP contribution in [0.3, 0.4) is 0 Å². The minimum atomic E-state index is -0.425. The molecule has 0 bridgehead atoms. The van der Waals surface area contributed by atoms with Crippen molar-refractivity contribution in [2.45, 2.75) is 27.2 Å². The Morgan fingerprint density at radius 1 is 1.16 bits per heavy atom. The van der Waals surface area contributed by atoms with E-state index in [1.807, 2.05) is 18.2 Å². The molecule has 0 radical (unpaired) electrons. The largest absolute Gasteiger partial charge is 0.463 e. The summed E-state index contributed by atoms with van der Waals surface area (Å²) in [5.74, 6) is -0.652. The van der Waals surface area contributed by atoms with Gasteiger partial charge in [-0.05, 0) is 32.9 Å². The average molecular weight is 261 g/mol. The van der Waals surface area contributed by atoms with Gasteiger partial charge in [-0.1, -0.05) is 23.8 Å². The molecule has 1 aromatic rings. The molecule has 0 aliphatic rings. The molecule has 1 aromatic carbocycles. The minimum Gasteiger partial charge on any atom is -0.463 e. The van der Waals surface area contributed by atoms with Crippen LogP contribution in [0.2, 0.25) is 0 Å². The van der Waals surface area contributed by atoms with Gasteiger partial charge in [-0.15, -0.1) is 0 Å². The lowest BCUT2D eigenvalue weighted by molar-refractivity contribution is -0.139. The van der Waals surface area contributed by atoms with Crippen molar-refractivity contribution in [3.63, 3.8) is 0 Å². The Hall–Kier alpha value is -2.10. The molecule has 0 aromatic heterocycles. The summed E-state index contributed by atoms with van der Waals surface area (Å²) in [6, 6.07) is 9.14. The molecule has 1 rings (SSSR count). The number of esters is 1. The Labute approximate surface area is 113 Å². The second-order valence-corrected chi connectivity index (χ2v) is 4.29. The van der Waals surface area contributed by atoms with E-state index in [4.69, 9.17) is 4.74 Å². The first-order valence-electron chi connectivity index (χ1n) is 6.23. The van der Waals surface area contributed by atoms with E-state index < -0.39 is 5.97 Å². The molecule has 4 heteroatoms. The summed E-state index contributed by atoms with van der Waals surface area (Å²) in [4.78, 5) is 23.6. The van der Waals surface area contributed by atoms with Crippen molar-refractivity contribution in [1.82, 2.24) is 0 Å². The highest BCUT2D eigenvalue weighted by atomic mass is 16.5. The molecule has 0 heterocycles. The van der Waals surface area contributed by atoms with E-state index in [-0.39, 0.29) is 12.3 Å². The Kier molecular flexibility index (Phi) is 5.79. The fourth-order valence-electron chi connectivity index (χ4n) is 1.56. The van der Waals surface area contributed by atoms with Gasteiger partial charge in [0.25, 0.3) is 0 Å². The van der Waals surface area contributed by atoms with E-state index in [1.165, 1.54) is 0 Å². The predicted molar refractivity (Wildman–Crippen MR) is 74.7 cm³/mol. The molecule has 0 unspecified atom stereocenters. The highest BCUT2D eigenvalue weighted by molar-refractivity contribution is 6.00. The number of nitrogens with one attached hydrogen (secondary N) is 1. The highest BCUT2D eigenvalue weighted by Crippen LogP contribution is 2.13. The van der Waals surface area contributed by atoms with Crippen molar-refractivity contribution in [1.29, 1.82) is 0 Å². The predicted octanol–water partition coefficient (Wildman–Crippen LogP) is 2.91. The standard InChI is InChI=1S/C15H19NO3/c1-4-19-15(18)13(11(2)3)10-14(17)16-12-8-6-5-7-9-12/h5-9H,4,10H2,1-3H3,(H,16,17). The number of allylic oxidation sites excluding steroid dienone is 1. The maximum absolute atomic E-state index is 11.9. The molecule has 0 atom stereocenters. The normalized spacial score (nSPS) is 9.63. The average Bonchev–Trinajstić information content (AvgIpc) is 2.37. The lowest BCUT2D eigenvalue weighted by atomic mass is 10.1. The summed E-state index contributed by atoms with van der Waals surface area (Å²) in [6.45, 7) is 5.63. The van der Waals surface area contributed by atoms with Gasteiger partial charge >= 0.3 is 5.97 Å². The molecule has 0 aliphatic heterocycles. The van der Waals surface area contributed by atoms with E-state index in [0.717, 1.165) is 5.57 Å². The Morgan fingerprint density at radius 2 is 1.79 bits per heavy atom. The monoisotopic (exact) mass is 261 g/mol. The number of hydrogen-bond acceptors (Lipinski definition) is 3. The fourth-order valence-corrected chi connectivity index (χ4v) is 1.56. The zero-order chi connectivity index (χ0) is 14.3. The van der Waals surface area contributed by atoms with Gasteiger partial charge in [0.2, 0.25) is 5.91 Å². The van der Waals surface area contributed by atoms with Crippen LogP contribution in [0.25, 0.3) is 0 Å². The molecule has 4 nitrogen and oxygen atoms in total. The van der Waals surface area contributed by atoms with Gasteiger partial charge in [-0.2, -0.15) is 0 Å². The molecule has 0 aliphatic carbocycles. The number of rotatable bonds is 5. The van der Waals surface area contributed by atoms with Gasteiger partial charge in [0.1, 0.15) is 0 Å². The zero-order valence-electron chi connectivity index (χ0n) is 11.5. The number of anilines is 1. The van der Waals surface area contributed by atoms with E-state index in [9.17, 15) is 9.59 Å². The summed E-state index contributed by atoms with van der Waals surface area (Å²) in [6.07, 6.45) is 0.0239. The van der Waals surface area contributed by atoms with Crippen LogP contribution in [0.15, 0.2) is 41.5 Å². The lowest BCUT2D eigenvalue weighted by Gasteiger charge is -2.09. The first kappa shape index (κ1) is 15.0. The lowest BCUT2D eigenvalue weighted by Crippen LogP contribution is -2.18. The Bertz CT molecular complexity index is 473.